The van der Waals surface area contributed by atoms with Crippen LogP contribution in [-0.4, -0.2) is 17.1 Å². The van der Waals surface area contributed by atoms with Crippen molar-refractivity contribution in [1.82, 2.24) is 10.3 Å². The first-order chi connectivity index (χ1) is 7.49. The molecule has 0 saturated carbocycles. The van der Waals surface area contributed by atoms with Gasteiger partial charge in [-0.05, 0) is 26.3 Å². The molecule has 0 atom stereocenters. The summed E-state index contributed by atoms with van der Waals surface area (Å²) >= 11 is 0. The van der Waals surface area contributed by atoms with Gasteiger partial charge in [-0.3, -0.25) is 0 Å². The maximum atomic E-state index is 5.54. The number of aromatic nitrogens is 1. The lowest BCUT2D eigenvalue weighted by atomic mass is 10.2. The van der Waals surface area contributed by atoms with E-state index in [4.69, 9.17) is 4.74 Å². The largest absolute Gasteiger partial charge is 0.475 e. The fraction of sp³-hybridized carbons (Fsp3) is 0.615. The second kappa shape index (κ2) is 5.85. The molecule has 3 heteroatoms. The van der Waals surface area contributed by atoms with Crippen LogP contribution >= 0.6 is 0 Å². The molecule has 16 heavy (non-hydrogen) atoms. The summed E-state index contributed by atoms with van der Waals surface area (Å²) in [5.41, 5.74) is 2.26. The molecular weight excluding hydrogens is 200 g/mol. The quantitative estimate of drug-likeness (QED) is 0.831. The summed E-state index contributed by atoms with van der Waals surface area (Å²) in [5, 5.41) is 3.38. The molecule has 1 N–H and O–H groups in total. The predicted octanol–water partition coefficient (Wildman–Crippen LogP) is 2.68. The Morgan fingerprint density at radius 3 is 2.44 bits per heavy atom. The zero-order valence-corrected chi connectivity index (χ0v) is 10.9. The first-order valence-electron chi connectivity index (χ1n) is 5.85. The van der Waals surface area contributed by atoms with Crippen LogP contribution in [0.25, 0.3) is 0 Å². The van der Waals surface area contributed by atoms with Crippen molar-refractivity contribution < 1.29 is 4.74 Å². The number of hydrogen-bond acceptors (Lipinski definition) is 3. The van der Waals surface area contributed by atoms with Crippen LogP contribution < -0.4 is 10.1 Å². The normalized spacial score (nSPS) is 11.2. The van der Waals surface area contributed by atoms with E-state index < -0.39 is 0 Å². The van der Waals surface area contributed by atoms with E-state index in [-0.39, 0.29) is 6.10 Å². The first-order valence-corrected chi connectivity index (χ1v) is 5.85. The third-order valence-electron chi connectivity index (χ3n) is 2.23. The molecule has 0 spiro atoms. The SMILES string of the molecule is Cc1nc(OC(C)C)ccc1CNC(C)C. The highest BCUT2D eigenvalue weighted by atomic mass is 16.5. The van der Waals surface area contributed by atoms with E-state index in [0.717, 1.165) is 12.2 Å². The third-order valence-corrected chi connectivity index (χ3v) is 2.23. The standard InChI is InChI=1S/C13H22N2O/c1-9(2)14-8-12-6-7-13(15-11(12)5)16-10(3)4/h6-7,9-10,14H,8H2,1-5H3. The smallest absolute Gasteiger partial charge is 0.213 e. The van der Waals surface area contributed by atoms with E-state index >= 15 is 0 Å². The first kappa shape index (κ1) is 13.0. The van der Waals surface area contributed by atoms with Crippen LogP contribution in [0.3, 0.4) is 0 Å². The molecule has 3 nitrogen and oxygen atoms in total. The second-order valence-electron chi connectivity index (χ2n) is 4.60. The van der Waals surface area contributed by atoms with Crippen LogP contribution in [0.5, 0.6) is 5.88 Å². The Morgan fingerprint density at radius 2 is 1.94 bits per heavy atom. The Kier molecular flexibility index (Phi) is 4.74. The minimum atomic E-state index is 0.173. The summed E-state index contributed by atoms with van der Waals surface area (Å²) in [6, 6.07) is 4.51. The zero-order chi connectivity index (χ0) is 12.1. The molecule has 1 aromatic heterocycles. The lowest BCUT2D eigenvalue weighted by Gasteiger charge is -2.13. The molecule has 0 aliphatic rings. The molecule has 0 radical (unpaired) electrons. The summed E-state index contributed by atoms with van der Waals surface area (Å²) in [5.74, 6) is 0.709. The van der Waals surface area contributed by atoms with Crippen molar-refractivity contribution in [3.63, 3.8) is 0 Å². The number of ether oxygens (including phenoxy) is 1. The number of aryl methyl sites for hydroxylation is 1. The summed E-state index contributed by atoms with van der Waals surface area (Å²) in [7, 11) is 0. The maximum absolute atomic E-state index is 5.54. The molecule has 0 saturated heterocycles. The van der Waals surface area contributed by atoms with Gasteiger partial charge in [-0.15, -0.1) is 0 Å². The number of nitrogens with zero attached hydrogens (tertiary/aromatic N) is 1. The molecular formula is C13H22N2O. The average Bonchev–Trinajstić information content (AvgIpc) is 2.15. The van der Waals surface area contributed by atoms with Crippen molar-refractivity contribution in [2.24, 2.45) is 0 Å². The molecule has 0 aromatic carbocycles. The minimum Gasteiger partial charge on any atom is -0.475 e. The van der Waals surface area contributed by atoms with Crippen molar-refractivity contribution in [2.45, 2.75) is 53.3 Å². The fourth-order valence-corrected chi connectivity index (χ4v) is 1.37. The van der Waals surface area contributed by atoms with E-state index in [1.807, 2.05) is 26.8 Å². The maximum Gasteiger partial charge on any atom is 0.213 e. The molecule has 0 fully saturated rings. The Balaban J connectivity index is 2.67. The predicted molar refractivity (Wildman–Crippen MR) is 66.7 cm³/mol. The fourth-order valence-electron chi connectivity index (χ4n) is 1.37. The molecule has 90 valence electrons. The van der Waals surface area contributed by atoms with E-state index in [1.165, 1.54) is 5.56 Å². The van der Waals surface area contributed by atoms with E-state index in [0.29, 0.717) is 11.9 Å². The van der Waals surface area contributed by atoms with Gasteiger partial charge in [0, 0.05) is 24.3 Å². The Labute approximate surface area is 98.2 Å². The van der Waals surface area contributed by atoms with Gasteiger partial charge in [0.15, 0.2) is 0 Å². The number of hydrogen-bond donors (Lipinski definition) is 1. The monoisotopic (exact) mass is 222 g/mol. The van der Waals surface area contributed by atoms with Gasteiger partial charge in [-0.25, -0.2) is 4.98 Å². The lowest BCUT2D eigenvalue weighted by Crippen LogP contribution is -2.22. The summed E-state index contributed by atoms with van der Waals surface area (Å²) in [6.45, 7) is 11.2. The zero-order valence-electron chi connectivity index (χ0n) is 10.9. The molecule has 1 rings (SSSR count). The summed E-state index contributed by atoms with van der Waals surface area (Å²) in [6.07, 6.45) is 0.173. The van der Waals surface area contributed by atoms with Gasteiger partial charge >= 0.3 is 0 Å². The van der Waals surface area contributed by atoms with Gasteiger partial charge in [-0.1, -0.05) is 19.9 Å². The van der Waals surface area contributed by atoms with E-state index in [1.54, 1.807) is 0 Å². The topological polar surface area (TPSA) is 34.1 Å². The molecule has 1 heterocycles. The highest BCUT2D eigenvalue weighted by molar-refractivity contribution is 5.25. The molecule has 0 aliphatic heterocycles. The number of nitrogens with one attached hydrogen (secondary N) is 1. The van der Waals surface area contributed by atoms with Crippen LogP contribution in [0.1, 0.15) is 39.0 Å². The van der Waals surface area contributed by atoms with E-state index in [9.17, 15) is 0 Å². The van der Waals surface area contributed by atoms with Crippen molar-refractivity contribution in [1.29, 1.82) is 0 Å². The van der Waals surface area contributed by atoms with Crippen molar-refractivity contribution in [3.8, 4) is 5.88 Å². The number of rotatable bonds is 5. The Bertz CT molecular complexity index is 335. The van der Waals surface area contributed by atoms with Crippen LogP contribution in [0.15, 0.2) is 12.1 Å². The summed E-state index contributed by atoms with van der Waals surface area (Å²) < 4.78 is 5.54. The van der Waals surface area contributed by atoms with Gasteiger partial charge in [0.1, 0.15) is 0 Å². The highest BCUT2D eigenvalue weighted by Crippen LogP contribution is 2.13. The summed E-state index contributed by atoms with van der Waals surface area (Å²) in [4.78, 5) is 4.43. The third kappa shape index (κ3) is 4.19. The van der Waals surface area contributed by atoms with Crippen LogP contribution in [0.4, 0.5) is 0 Å². The molecule has 1 aromatic rings. The van der Waals surface area contributed by atoms with Crippen LogP contribution in [0, 0.1) is 6.92 Å². The Hall–Kier alpha value is -1.09. The molecule has 0 bridgehead atoms. The van der Waals surface area contributed by atoms with Gasteiger partial charge in [0.25, 0.3) is 0 Å². The number of pyridine rings is 1. The van der Waals surface area contributed by atoms with Gasteiger partial charge in [-0.2, -0.15) is 0 Å². The van der Waals surface area contributed by atoms with E-state index in [2.05, 4.69) is 30.2 Å². The lowest BCUT2D eigenvalue weighted by molar-refractivity contribution is 0.232. The highest BCUT2D eigenvalue weighted by Gasteiger charge is 2.04. The Morgan fingerprint density at radius 1 is 1.25 bits per heavy atom. The second-order valence-corrected chi connectivity index (χ2v) is 4.60. The molecule has 0 aliphatic carbocycles. The molecule has 0 unspecified atom stereocenters. The van der Waals surface area contributed by atoms with Gasteiger partial charge in [0.2, 0.25) is 5.88 Å². The van der Waals surface area contributed by atoms with Crippen LogP contribution in [-0.2, 0) is 6.54 Å². The van der Waals surface area contributed by atoms with Crippen LogP contribution in [0.2, 0.25) is 0 Å². The van der Waals surface area contributed by atoms with Gasteiger partial charge < -0.3 is 10.1 Å². The molecule has 0 amide bonds. The van der Waals surface area contributed by atoms with Crippen molar-refractivity contribution >= 4 is 0 Å². The minimum absolute atomic E-state index is 0.173. The average molecular weight is 222 g/mol. The van der Waals surface area contributed by atoms with Gasteiger partial charge in [0.05, 0.1) is 6.10 Å². The van der Waals surface area contributed by atoms with Crippen molar-refractivity contribution in [2.75, 3.05) is 0 Å². The van der Waals surface area contributed by atoms with Crippen molar-refractivity contribution in [3.05, 3.63) is 23.4 Å².